The number of esters is 1. The first kappa shape index (κ1) is 30.7. The highest BCUT2D eigenvalue weighted by atomic mass is 16.5. The molecule has 0 spiro atoms. The highest BCUT2D eigenvalue weighted by Crippen LogP contribution is 2.46. The SMILES string of the molecule is CN(COC(=O)[C@H](CCC(N)=O)NC(=O)[C@@H](N)CCC(N)=O)CC1CCOC1(c1ccccc1)c1ccccc1. The molecule has 1 heterocycles. The Morgan fingerprint density at radius 1 is 0.975 bits per heavy atom. The Kier molecular flexibility index (Phi) is 11.2. The predicted octanol–water partition coefficient (Wildman–Crippen LogP) is 0.742. The minimum atomic E-state index is -1.13. The van der Waals surface area contributed by atoms with Gasteiger partial charge in [0.1, 0.15) is 18.4 Å². The largest absolute Gasteiger partial charge is 0.448 e. The van der Waals surface area contributed by atoms with Crippen molar-refractivity contribution in [3.8, 4) is 0 Å². The zero-order chi connectivity index (χ0) is 29.1. The van der Waals surface area contributed by atoms with Crippen molar-refractivity contribution in [1.29, 1.82) is 0 Å². The van der Waals surface area contributed by atoms with E-state index in [9.17, 15) is 19.2 Å². The molecular formula is C29H39N5O6. The number of amides is 3. The Morgan fingerprint density at radius 3 is 2.08 bits per heavy atom. The van der Waals surface area contributed by atoms with Crippen molar-refractivity contribution in [2.75, 3.05) is 26.9 Å². The van der Waals surface area contributed by atoms with Gasteiger partial charge in [-0.15, -0.1) is 0 Å². The van der Waals surface area contributed by atoms with Gasteiger partial charge in [-0.1, -0.05) is 60.7 Å². The third kappa shape index (κ3) is 8.10. The Morgan fingerprint density at radius 2 is 1.52 bits per heavy atom. The third-order valence-corrected chi connectivity index (χ3v) is 7.05. The summed E-state index contributed by atoms with van der Waals surface area (Å²) in [6, 6.07) is 18.0. The van der Waals surface area contributed by atoms with Gasteiger partial charge >= 0.3 is 5.97 Å². The van der Waals surface area contributed by atoms with Crippen molar-refractivity contribution < 1.29 is 28.7 Å². The monoisotopic (exact) mass is 553 g/mol. The molecule has 3 atom stereocenters. The predicted molar refractivity (Wildman–Crippen MR) is 148 cm³/mol. The number of ether oxygens (including phenoxy) is 2. The maximum absolute atomic E-state index is 12.9. The lowest BCUT2D eigenvalue weighted by molar-refractivity contribution is -0.152. The van der Waals surface area contributed by atoms with Crippen LogP contribution in [0, 0.1) is 5.92 Å². The van der Waals surface area contributed by atoms with Crippen molar-refractivity contribution in [2.24, 2.45) is 23.1 Å². The van der Waals surface area contributed by atoms with E-state index >= 15 is 0 Å². The maximum Gasteiger partial charge on any atom is 0.329 e. The van der Waals surface area contributed by atoms with Gasteiger partial charge in [0.15, 0.2) is 0 Å². The average Bonchev–Trinajstić information content (AvgIpc) is 3.37. The van der Waals surface area contributed by atoms with Crippen molar-refractivity contribution >= 4 is 23.7 Å². The van der Waals surface area contributed by atoms with Crippen molar-refractivity contribution in [2.45, 2.75) is 49.8 Å². The summed E-state index contributed by atoms with van der Waals surface area (Å²) in [7, 11) is 1.84. The first-order valence-corrected chi connectivity index (χ1v) is 13.4. The third-order valence-electron chi connectivity index (χ3n) is 7.05. The van der Waals surface area contributed by atoms with Crippen LogP contribution >= 0.6 is 0 Å². The number of benzene rings is 2. The van der Waals surface area contributed by atoms with E-state index in [1.54, 1.807) is 0 Å². The molecule has 1 saturated heterocycles. The van der Waals surface area contributed by atoms with Crippen LogP contribution in [0.1, 0.15) is 43.2 Å². The first-order valence-electron chi connectivity index (χ1n) is 13.4. The highest BCUT2D eigenvalue weighted by Gasteiger charge is 2.47. The lowest BCUT2D eigenvalue weighted by Gasteiger charge is -2.37. The molecule has 0 aromatic heterocycles. The van der Waals surface area contributed by atoms with Crippen LogP contribution in [0.5, 0.6) is 0 Å². The summed E-state index contributed by atoms with van der Waals surface area (Å²) in [4.78, 5) is 49.6. The van der Waals surface area contributed by atoms with E-state index in [0.717, 1.165) is 17.5 Å². The van der Waals surface area contributed by atoms with E-state index in [-0.39, 0.29) is 38.3 Å². The summed E-state index contributed by atoms with van der Waals surface area (Å²) >= 11 is 0. The van der Waals surface area contributed by atoms with E-state index in [0.29, 0.717) is 13.2 Å². The molecule has 0 bridgehead atoms. The van der Waals surface area contributed by atoms with Crippen LogP contribution in [0.3, 0.4) is 0 Å². The van der Waals surface area contributed by atoms with Gasteiger partial charge in [0.25, 0.3) is 0 Å². The number of carbonyl (C=O) groups excluding carboxylic acids is 4. The van der Waals surface area contributed by atoms with Gasteiger partial charge in [-0.2, -0.15) is 0 Å². The van der Waals surface area contributed by atoms with Crippen molar-refractivity contribution in [3.05, 3.63) is 71.8 Å². The second-order valence-corrected chi connectivity index (χ2v) is 10.1. The first-order chi connectivity index (χ1) is 19.1. The molecule has 3 amide bonds. The molecule has 1 fully saturated rings. The normalized spacial score (nSPS) is 17.6. The summed E-state index contributed by atoms with van der Waals surface area (Å²) in [6.07, 6.45) is 0.572. The molecule has 0 aliphatic carbocycles. The molecule has 11 nitrogen and oxygen atoms in total. The molecular weight excluding hydrogens is 514 g/mol. The fourth-order valence-corrected chi connectivity index (χ4v) is 5.03. The van der Waals surface area contributed by atoms with Gasteiger partial charge in [-0.3, -0.25) is 19.3 Å². The topological polar surface area (TPSA) is 180 Å². The molecule has 1 unspecified atom stereocenters. The van der Waals surface area contributed by atoms with Gasteiger partial charge in [0.05, 0.1) is 6.04 Å². The van der Waals surface area contributed by atoms with E-state index in [4.69, 9.17) is 26.7 Å². The van der Waals surface area contributed by atoms with Crippen LogP contribution < -0.4 is 22.5 Å². The lowest BCUT2D eigenvalue weighted by atomic mass is 9.76. The number of nitrogens with one attached hydrogen (secondary N) is 1. The quantitative estimate of drug-likeness (QED) is 0.184. The molecule has 7 N–H and O–H groups in total. The van der Waals surface area contributed by atoms with Gasteiger partial charge in [0.2, 0.25) is 17.7 Å². The van der Waals surface area contributed by atoms with E-state index < -0.39 is 41.4 Å². The smallest absolute Gasteiger partial charge is 0.329 e. The summed E-state index contributed by atoms with van der Waals surface area (Å²) in [5, 5.41) is 2.51. The molecule has 2 aromatic rings. The molecule has 3 rings (SSSR count). The average molecular weight is 554 g/mol. The second kappa shape index (κ2) is 14.5. The van der Waals surface area contributed by atoms with Gasteiger partial charge in [-0.25, -0.2) is 4.79 Å². The molecule has 216 valence electrons. The molecule has 0 radical (unpaired) electrons. The summed E-state index contributed by atoms with van der Waals surface area (Å²) in [5.41, 5.74) is 17.6. The maximum atomic E-state index is 12.9. The van der Waals surface area contributed by atoms with Gasteiger partial charge < -0.3 is 32.0 Å². The van der Waals surface area contributed by atoms with Crippen LogP contribution in [-0.2, 0) is 34.3 Å². The number of nitrogens with two attached hydrogens (primary N) is 3. The number of hydrogen-bond donors (Lipinski definition) is 4. The van der Waals surface area contributed by atoms with Gasteiger partial charge in [-0.05, 0) is 37.4 Å². The molecule has 2 aromatic carbocycles. The fraction of sp³-hybridized carbons (Fsp3) is 0.448. The Balaban J connectivity index is 1.66. The number of rotatable bonds is 15. The summed E-state index contributed by atoms with van der Waals surface area (Å²) < 4.78 is 12.0. The Labute approximate surface area is 234 Å². The van der Waals surface area contributed by atoms with Crippen LogP contribution in [0.15, 0.2) is 60.7 Å². The zero-order valence-electron chi connectivity index (χ0n) is 22.8. The van der Waals surface area contributed by atoms with Crippen LogP contribution in [0.4, 0.5) is 0 Å². The fourth-order valence-electron chi connectivity index (χ4n) is 5.03. The van der Waals surface area contributed by atoms with Crippen LogP contribution in [0.2, 0.25) is 0 Å². The molecule has 11 heteroatoms. The van der Waals surface area contributed by atoms with E-state index in [2.05, 4.69) is 29.6 Å². The number of hydrogen-bond acceptors (Lipinski definition) is 8. The van der Waals surface area contributed by atoms with Crippen LogP contribution in [0.25, 0.3) is 0 Å². The molecule has 1 aliphatic heterocycles. The second-order valence-electron chi connectivity index (χ2n) is 10.1. The summed E-state index contributed by atoms with van der Waals surface area (Å²) in [6.45, 7) is 1.10. The number of nitrogens with zero attached hydrogens (tertiary/aromatic N) is 1. The standard InChI is InChI=1S/C29H39N5O6/c1-34(19-39-28(38)24(13-15-26(32)36)33-27(37)23(30)12-14-25(31)35)18-22-16-17-40-29(22,20-8-4-2-5-9-20)21-10-6-3-7-11-21/h2-11,22-24H,12-19,30H2,1H3,(H2,31,35)(H2,32,36)(H,33,37)/t22?,23-,24-/m0/s1. The Hall–Kier alpha value is -3.80. The number of primary amides is 2. The zero-order valence-corrected chi connectivity index (χ0v) is 22.8. The van der Waals surface area contributed by atoms with E-state index in [1.165, 1.54) is 0 Å². The molecule has 0 saturated carbocycles. The minimum Gasteiger partial charge on any atom is -0.448 e. The van der Waals surface area contributed by atoms with Crippen molar-refractivity contribution in [3.63, 3.8) is 0 Å². The lowest BCUT2D eigenvalue weighted by Crippen LogP contribution is -2.50. The van der Waals surface area contributed by atoms with Crippen LogP contribution in [-0.4, -0.2) is 67.6 Å². The van der Waals surface area contributed by atoms with Crippen molar-refractivity contribution in [1.82, 2.24) is 10.2 Å². The molecule has 1 aliphatic rings. The number of carbonyl (C=O) groups is 4. The van der Waals surface area contributed by atoms with Gasteiger partial charge in [0, 0.05) is 31.9 Å². The highest BCUT2D eigenvalue weighted by molar-refractivity contribution is 5.88. The molecule has 40 heavy (non-hydrogen) atoms. The van der Waals surface area contributed by atoms with E-state index in [1.807, 2.05) is 48.3 Å². The minimum absolute atomic E-state index is 0.0233. The Bertz CT molecular complexity index is 1110. The summed E-state index contributed by atoms with van der Waals surface area (Å²) in [5.74, 6) is -2.52.